The summed E-state index contributed by atoms with van der Waals surface area (Å²) in [5.41, 5.74) is 4.70. The first kappa shape index (κ1) is 21.9. The van der Waals surface area contributed by atoms with E-state index in [0.29, 0.717) is 13.1 Å². The van der Waals surface area contributed by atoms with Crippen LogP contribution < -0.4 is 15.5 Å². The molecule has 1 aliphatic rings. The summed E-state index contributed by atoms with van der Waals surface area (Å²) in [5, 5.41) is 5.37. The summed E-state index contributed by atoms with van der Waals surface area (Å²) in [4.78, 5) is 26.4. The van der Waals surface area contributed by atoms with Crippen LogP contribution in [0.25, 0.3) is 0 Å². The molecule has 0 radical (unpaired) electrons. The van der Waals surface area contributed by atoms with Gasteiger partial charge in [0.1, 0.15) is 0 Å². The van der Waals surface area contributed by atoms with Crippen molar-refractivity contribution >= 4 is 17.5 Å². The molecule has 0 bridgehead atoms. The third kappa shape index (κ3) is 6.90. The molecule has 30 heavy (non-hydrogen) atoms. The smallest absolute Gasteiger partial charge is 0.309 e. The summed E-state index contributed by atoms with van der Waals surface area (Å²) in [5.74, 6) is -1.16. The molecule has 0 atom stereocenters. The minimum atomic E-state index is -0.586. The zero-order chi connectivity index (χ0) is 21.2. The highest BCUT2D eigenvalue weighted by Gasteiger charge is 2.12. The molecule has 2 amide bonds. The largest absolute Gasteiger partial charge is 0.372 e. The highest BCUT2D eigenvalue weighted by Crippen LogP contribution is 2.20. The molecule has 0 aliphatic carbocycles. The zero-order valence-electron chi connectivity index (χ0n) is 18.0. The fraction of sp³-hybridized carbons (Fsp3) is 0.440. The van der Waals surface area contributed by atoms with Crippen LogP contribution >= 0.6 is 0 Å². The van der Waals surface area contributed by atoms with Crippen LogP contribution in [-0.4, -0.2) is 31.4 Å². The Morgan fingerprint density at radius 3 is 2.07 bits per heavy atom. The minimum Gasteiger partial charge on any atom is -0.372 e. The Morgan fingerprint density at radius 1 is 0.800 bits per heavy atom. The van der Waals surface area contributed by atoms with Crippen molar-refractivity contribution in [2.24, 2.45) is 0 Å². The van der Waals surface area contributed by atoms with E-state index >= 15 is 0 Å². The van der Waals surface area contributed by atoms with E-state index in [1.807, 2.05) is 31.2 Å². The SMILES string of the molecule is Cc1ccc(CNC(=O)C(=O)NCCCc2ccc(N3CCCCCC3)cc2)cc1. The second kappa shape index (κ2) is 11.4. The van der Waals surface area contributed by atoms with Gasteiger partial charge in [-0.05, 0) is 55.9 Å². The second-order valence-electron chi connectivity index (χ2n) is 8.10. The molecule has 2 aromatic rings. The van der Waals surface area contributed by atoms with E-state index in [1.54, 1.807) is 0 Å². The number of aryl methyl sites for hydroxylation is 2. The number of carbonyl (C=O) groups is 2. The van der Waals surface area contributed by atoms with Gasteiger partial charge in [0.25, 0.3) is 0 Å². The highest BCUT2D eigenvalue weighted by atomic mass is 16.2. The predicted octanol–water partition coefficient (Wildman–Crippen LogP) is 3.74. The van der Waals surface area contributed by atoms with E-state index in [2.05, 4.69) is 39.8 Å². The molecule has 0 aromatic heterocycles. The number of rotatable bonds is 7. The van der Waals surface area contributed by atoms with Gasteiger partial charge < -0.3 is 15.5 Å². The molecule has 5 nitrogen and oxygen atoms in total. The average Bonchev–Trinajstić information content (AvgIpc) is 3.06. The Hall–Kier alpha value is -2.82. The molecular formula is C25H33N3O2. The van der Waals surface area contributed by atoms with Crippen LogP contribution in [0.4, 0.5) is 5.69 Å². The van der Waals surface area contributed by atoms with Crippen LogP contribution in [0, 0.1) is 6.92 Å². The first-order chi connectivity index (χ1) is 14.6. The molecule has 1 heterocycles. The maximum atomic E-state index is 11.9. The Kier molecular flexibility index (Phi) is 8.30. The molecule has 2 N–H and O–H groups in total. The van der Waals surface area contributed by atoms with Crippen LogP contribution in [0.5, 0.6) is 0 Å². The van der Waals surface area contributed by atoms with E-state index in [1.165, 1.54) is 42.5 Å². The van der Waals surface area contributed by atoms with Gasteiger partial charge in [0.15, 0.2) is 0 Å². The topological polar surface area (TPSA) is 61.4 Å². The van der Waals surface area contributed by atoms with Gasteiger partial charge in [-0.1, -0.05) is 54.8 Å². The number of hydrogen-bond donors (Lipinski definition) is 2. The number of hydrogen-bond acceptors (Lipinski definition) is 3. The molecule has 1 aliphatic heterocycles. The third-order valence-corrected chi connectivity index (χ3v) is 5.62. The summed E-state index contributed by atoms with van der Waals surface area (Å²) < 4.78 is 0. The quantitative estimate of drug-likeness (QED) is 0.543. The monoisotopic (exact) mass is 407 g/mol. The Bertz CT molecular complexity index is 807. The standard InChI is InChI=1S/C25H33N3O2/c1-20-8-10-22(11-9-20)19-27-25(30)24(29)26-16-6-7-21-12-14-23(15-13-21)28-17-4-2-3-5-18-28/h8-15H,2-7,16-19H2,1H3,(H,26,29)(H,27,30). The van der Waals surface area contributed by atoms with Crippen LogP contribution in [0.3, 0.4) is 0 Å². The lowest BCUT2D eigenvalue weighted by atomic mass is 10.1. The van der Waals surface area contributed by atoms with Crippen LogP contribution in [0.15, 0.2) is 48.5 Å². The van der Waals surface area contributed by atoms with Gasteiger partial charge in [0.2, 0.25) is 0 Å². The summed E-state index contributed by atoms with van der Waals surface area (Å²) in [6.07, 6.45) is 6.92. The van der Waals surface area contributed by atoms with Gasteiger partial charge in [0.05, 0.1) is 0 Å². The fourth-order valence-electron chi connectivity index (χ4n) is 3.75. The molecule has 3 rings (SSSR count). The Balaban J connectivity index is 1.34. The lowest BCUT2D eigenvalue weighted by Crippen LogP contribution is -2.40. The first-order valence-corrected chi connectivity index (χ1v) is 11.1. The first-order valence-electron chi connectivity index (χ1n) is 11.1. The normalized spacial score (nSPS) is 14.1. The summed E-state index contributed by atoms with van der Waals surface area (Å²) >= 11 is 0. The van der Waals surface area contributed by atoms with Crippen LogP contribution in [0.2, 0.25) is 0 Å². The molecular weight excluding hydrogens is 374 g/mol. The molecule has 0 saturated carbocycles. The molecule has 0 unspecified atom stereocenters. The maximum Gasteiger partial charge on any atom is 0.309 e. The van der Waals surface area contributed by atoms with Gasteiger partial charge >= 0.3 is 11.8 Å². The van der Waals surface area contributed by atoms with E-state index < -0.39 is 11.8 Å². The number of benzene rings is 2. The number of anilines is 1. The molecule has 5 heteroatoms. The average molecular weight is 408 g/mol. The van der Waals surface area contributed by atoms with Crippen molar-refractivity contribution in [1.29, 1.82) is 0 Å². The fourth-order valence-corrected chi connectivity index (χ4v) is 3.75. The van der Waals surface area contributed by atoms with Crippen molar-refractivity contribution < 1.29 is 9.59 Å². The summed E-state index contributed by atoms with van der Waals surface area (Å²) in [6, 6.07) is 16.6. The van der Waals surface area contributed by atoms with E-state index in [4.69, 9.17) is 0 Å². The van der Waals surface area contributed by atoms with Gasteiger partial charge in [-0.2, -0.15) is 0 Å². The van der Waals surface area contributed by atoms with E-state index in [0.717, 1.165) is 31.5 Å². The van der Waals surface area contributed by atoms with Crippen molar-refractivity contribution in [2.45, 2.75) is 52.0 Å². The molecule has 160 valence electrons. The Labute approximate surface area is 179 Å². The van der Waals surface area contributed by atoms with Crippen LogP contribution in [-0.2, 0) is 22.6 Å². The number of nitrogens with zero attached hydrogens (tertiary/aromatic N) is 1. The van der Waals surface area contributed by atoms with Crippen molar-refractivity contribution in [3.05, 3.63) is 65.2 Å². The second-order valence-corrected chi connectivity index (χ2v) is 8.10. The van der Waals surface area contributed by atoms with Crippen molar-refractivity contribution in [3.8, 4) is 0 Å². The highest BCUT2D eigenvalue weighted by molar-refractivity contribution is 6.35. The van der Waals surface area contributed by atoms with Gasteiger partial charge in [-0.15, -0.1) is 0 Å². The molecule has 2 aromatic carbocycles. The number of nitrogens with one attached hydrogen (secondary N) is 2. The number of carbonyl (C=O) groups excluding carboxylic acids is 2. The van der Waals surface area contributed by atoms with E-state index in [9.17, 15) is 9.59 Å². The van der Waals surface area contributed by atoms with Crippen molar-refractivity contribution in [1.82, 2.24) is 10.6 Å². The van der Waals surface area contributed by atoms with E-state index in [-0.39, 0.29) is 0 Å². The lowest BCUT2D eigenvalue weighted by molar-refractivity contribution is -0.139. The Morgan fingerprint density at radius 2 is 1.40 bits per heavy atom. The lowest BCUT2D eigenvalue weighted by Gasteiger charge is -2.22. The zero-order valence-corrected chi connectivity index (χ0v) is 18.0. The van der Waals surface area contributed by atoms with Crippen molar-refractivity contribution in [2.75, 3.05) is 24.5 Å². The summed E-state index contributed by atoms with van der Waals surface area (Å²) in [7, 11) is 0. The molecule has 1 fully saturated rings. The summed E-state index contributed by atoms with van der Waals surface area (Å²) in [6.45, 7) is 5.16. The van der Waals surface area contributed by atoms with Crippen LogP contribution in [0.1, 0.15) is 48.8 Å². The third-order valence-electron chi connectivity index (χ3n) is 5.62. The number of amides is 2. The van der Waals surface area contributed by atoms with Gasteiger partial charge in [-0.25, -0.2) is 0 Å². The minimum absolute atomic E-state index is 0.357. The molecule has 1 saturated heterocycles. The van der Waals surface area contributed by atoms with Gasteiger partial charge in [-0.3, -0.25) is 9.59 Å². The van der Waals surface area contributed by atoms with Gasteiger partial charge in [0, 0.05) is 31.9 Å². The maximum absolute atomic E-state index is 11.9. The predicted molar refractivity (Wildman–Crippen MR) is 121 cm³/mol. The van der Waals surface area contributed by atoms with Crippen molar-refractivity contribution in [3.63, 3.8) is 0 Å². The molecule has 0 spiro atoms.